The van der Waals surface area contributed by atoms with Gasteiger partial charge in [0.1, 0.15) is 12.4 Å². The lowest BCUT2D eigenvalue weighted by atomic mass is 10.0. The molecular weight excluding hydrogens is 258 g/mol. The monoisotopic (exact) mass is 281 g/mol. The van der Waals surface area contributed by atoms with Crippen molar-refractivity contribution in [2.45, 2.75) is 25.8 Å². The number of rotatable bonds is 5. The van der Waals surface area contributed by atoms with Crippen LogP contribution in [0.2, 0.25) is 0 Å². The van der Waals surface area contributed by atoms with E-state index < -0.39 is 0 Å². The first-order valence-corrected chi connectivity index (χ1v) is 7.82. The van der Waals surface area contributed by atoms with Gasteiger partial charge in [-0.05, 0) is 43.5 Å². The van der Waals surface area contributed by atoms with E-state index >= 15 is 0 Å². The van der Waals surface area contributed by atoms with Gasteiger partial charge in [-0.2, -0.15) is 0 Å². The highest BCUT2D eigenvalue weighted by atomic mass is 16.5. The summed E-state index contributed by atoms with van der Waals surface area (Å²) >= 11 is 0. The van der Waals surface area contributed by atoms with Gasteiger partial charge >= 0.3 is 0 Å². The Morgan fingerprint density at radius 1 is 1.05 bits per heavy atom. The molecule has 110 valence electrons. The summed E-state index contributed by atoms with van der Waals surface area (Å²) in [4.78, 5) is 2.55. The van der Waals surface area contributed by atoms with Crippen LogP contribution < -0.4 is 4.74 Å². The molecule has 21 heavy (non-hydrogen) atoms. The van der Waals surface area contributed by atoms with Crippen LogP contribution in [0.3, 0.4) is 0 Å². The van der Waals surface area contributed by atoms with Crippen LogP contribution in [0, 0.1) is 6.92 Å². The van der Waals surface area contributed by atoms with E-state index in [1.165, 1.54) is 30.5 Å². The fourth-order valence-electron chi connectivity index (χ4n) is 3.14. The van der Waals surface area contributed by atoms with Gasteiger partial charge in [-0.25, -0.2) is 0 Å². The summed E-state index contributed by atoms with van der Waals surface area (Å²) < 4.78 is 5.94. The van der Waals surface area contributed by atoms with Gasteiger partial charge in [0, 0.05) is 12.6 Å². The third-order valence-electron chi connectivity index (χ3n) is 4.28. The second-order valence-corrected chi connectivity index (χ2v) is 5.72. The van der Waals surface area contributed by atoms with E-state index in [1.807, 2.05) is 18.2 Å². The van der Waals surface area contributed by atoms with Crippen LogP contribution in [0.15, 0.2) is 54.6 Å². The first-order valence-electron chi connectivity index (χ1n) is 7.82. The van der Waals surface area contributed by atoms with Gasteiger partial charge < -0.3 is 4.74 Å². The molecular formula is C19H23NO. The van der Waals surface area contributed by atoms with Gasteiger partial charge in [0.15, 0.2) is 0 Å². The zero-order chi connectivity index (χ0) is 14.5. The molecule has 1 aliphatic rings. The average molecular weight is 281 g/mol. The number of para-hydroxylation sites is 1. The SMILES string of the molecule is Cc1ccccc1OCCN1CCCC1c1ccccc1. The molecule has 0 amide bonds. The van der Waals surface area contributed by atoms with Gasteiger partial charge in [-0.1, -0.05) is 48.5 Å². The third-order valence-corrected chi connectivity index (χ3v) is 4.28. The highest BCUT2D eigenvalue weighted by Crippen LogP contribution is 2.31. The maximum atomic E-state index is 5.94. The predicted molar refractivity (Wildman–Crippen MR) is 86.7 cm³/mol. The molecule has 1 unspecified atom stereocenters. The molecule has 0 aromatic heterocycles. The van der Waals surface area contributed by atoms with Crippen molar-refractivity contribution in [1.82, 2.24) is 4.90 Å². The van der Waals surface area contributed by atoms with Crippen LogP contribution in [0.25, 0.3) is 0 Å². The molecule has 2 heteroatoms. The Balaban J connectivity index is 1.56. The molecule has 0 saturated carbocycles. The Labute approximate surface area is 127 Å². The minimum atomic E-state index is 0.562. The van der Waals surface area contributed by atoms with Gasteiger partial charge in [-0.3, -0.25) is 4.90 Å². The number of hydrogen-bond donors (Lipinski definition) is 0. The highest BCUT2D eigenvalue weighted by Gasteiger charge is 2.25. The molecule has 3 rings (SSSR count). The zero-order valence-corrected chi connectivity index (χ0v) is 12.7. The molecule has 2 aromatic rings. The van der Waals surface area contributed by atoms with E-state index in [0.29, 0.717) is 6.04 Å². The van der Waals surface area contributed by atoms with E-state index in [1.54, 1.807) is 0 Å². The zero-order valence-electron chi connectivity index (χ0n) is 12.7. The van der Waals surface area contributed by atoms with Crippen molar-refractivity contribution in [1.29, 1.82) is 0 Å². The van der Waals surface area contributed by atoms with E-state index in [-0.39, 0.29) is 0 Å². The number of likely N-dealkylation sites (tertiary alicyclic amines) is 1. The molecule has 2 aromatic carbocycles. The fraction of sp³-hybridized carbons (Fsp3) is 0.368. The minimum absolute atomic E-state index is 0.562. The van der Waals surface area contributed by atoms with Crippen LogP contribution in [0.4, 0.5) is 0 Å². The van der Waals surface area contributed by atoms with Crippen molar-refractivity contribution in [3.8, 4) is 5.75 Å². The lowest BCUT2D eigenvalue weighted by Gasteiger charge is -2.25. The van der Waals surface area contributed by atoms with Crippen LogP contribution in [-0.4, -0.2) is 24.6 Å². The lowest BCUT2D eigenvalue weighted by molar-refractivity contribution is 0.197. The van der Waals surface area contributed by atoms with E-state index in [4.69, 9.17) is 4.74 Å². The van der Waals surface area contributed by atoms with E-state index in [0.717, 1.165) is 18.9 Å². The van der Waals surface area contributed by atoms with Crippen molar-refractivity contribution < 1.29 is 4.74 Å². The van der Waals surface area contributed by atoms with Crippen molar-refractivity contribution in [2.75, 3.05) is 19.7 Å². The van der Waals surface area contributed by atoms with Gasteiger partial charge in [0.25, 0.3) is 0 Å². The maximum absolute atomic E-state index is 5.94. The molecule has 1 aliphatic heterocycles. The Hall–Kier alpha value is -1.80. The normalized spacial score (nSPS) is 18.8. The van der Waals surface area contributed by atoms with E-state index in [2.05, 4.69) is 48.2 Å². The van der Waals surface area contributed by atoms with Gasteiger partial charge in [0.05, 0.1) is 0 Å². The number of nitrogens with zero attached hydrogens (tertiary/aromatic N) is 1. The smallest absolute Gasteiger partial charge is 0.122 e. The summed E-state index contributed by atoms with van der Waals surface area (Å²) in [5, 5.41) is 0. The Kier molecular flexibility index (Phi) is 4.56. The van der Waals surface area contributed by atoms with Crippen LogP contribution in [-0.2, 0) is 0 Å². The lowest BCUT2D eigenvalue weighted by Crippen LogP contribution is -2.28. The van der Waals surface area contributed by atoms with Crippen LogP contribution in [0.5, 0.6) is 5.75 Å². The second kappa shape index (κ2) is 6.77. The molecule has 0 bridgehead atoms. The molecule has 1 saturated heterocycles. The number of benzene rings is 2. The number of hydrogen-bond acceptors (Lipinski definition) is 2. The molecule has 0 aliphatic carbocycles. The van der Waals surface area contributed by atoms with Crippen LogP contribution >= 0.6 is 0 Å². The molecule has 0 N–H and O–H groups in total. The summed E-state index contributed by atoms with van der Waals surface area (Å²) in [5.74, 6) is 1.01. The first-order chi connectivity index (χ1) is 10.3. The summed E-state index contributed by atoms with van der Waals surface area (Å²) in [7, 11) is 0. The topological polar surface area (TPSA) is 12.5 Å². The summed E-state index contributed by atoms with van der Waals surface area (Å²) in [5.41, 5.74) is 2.64. The van der Waals surface area contributed by atoms with Crippen molar-refractivity contribution in [2.24, 2.45) is 0 Å². The standard InChI is InChI=1S/C19H23NO/c1-16-8-5-6-12-19(16)21-15-14-20-13-7-11-18(20)17-9-3-2-4-10-17/h2-6,8-10,12,18H,7,11,13-15H2,1H3. The van der Waals surface area contributed by atoms with Crippen molar-refractivity contribution in [3.63, 3.8) is 0 Å². The fourth-order valence-corrected chi connectivity index (χ4v) is 3.14. The Bertz CT molecular complexity index is 567. The molecule has 2 nitrogen and oxygen atoms in total. The molecule has 1 heterocycles. The summed E-state index contributed by atoms with van der Waals surface area (Å²) in [6, 6.07) is 19.6. The van der Waals surface area contributed by atoms with Gasteiger partial charge in [-0.15, -0.1) is 0 Å². The molecule has 1 atom stereocenters. The summed E-state index contributed by atoms with van der Waals surface area (Å²) in [6.45, 7) is 5.02. The van der Waals surface area contributed by atoms with Crippen molar-refractivity contribution in [3.05, 3.63) is 65.7 Å². The van der Waals surface area contributed by atoms with Crippen molar-refractivity contribution >= 4 is 0 Å². The third kappa shape index (κ3) is 3.45. The van der Waals surface area contributed by atoms with Crippen LogP contribution in [0.1, 0.15) is 30.0 Å². The van der Waals surface area contributed by atoms with E-state index in [9.17, 15) is 0 Å². The largest absolute Gasteiger partial charge is 0.492 e. The maximum Gasteiger partial charge on any atom is 0.122 e. The van der Waals surface area contributed by atoms with Gasteiger partial charge in [0.2, 0.25) is 0 Å². The quantitative estimate of drug-likeness (QED) is 0.814. The predicted octanol–water partition coefficient (Wildman–Crippen LogP) is 4.21. The molecule has 0 spiro atoms. The first kappa shape index (κ1) is 14.2. The number of aryl methyl sites for hydroxylation is 1. The summed E-state index contributed by atoms with van der Waals surface area (Å²) in [6.07, 6.45) is 2.54. The number of ether oxygens (including phenoxy) is 1. The average Bonchev–Trinajstić information content (AvgIpc) is 2.99. The molecule has 0 radical (unpaired) electrons. The Morgan fingerprint density at radius 3 is 2.62 bits per heavy atom. The second-order valence-electron chi connectivity index (χ2n) is 5.72. The Morgan fingerprint density at radius 2 is 1.81 bits per heavy atom. The highest BCUT2D eigenvalue weighted by molar-refractivity contribution is 5.31. The molecule has 1 fully saturated rings. The minimum Gasteiger partial charge on any atom is -0.492 e.